The Bertz CT molecular complexity index is 765. The first-order valence-electron chi connectivity index (χ1n) is 5.96. The monoisotopic (exact) mass is 407 g/mol. The van der Waals surface area contributed by atoms with Gasteiger partial charge in [0.1, 0.15) is 0 Å². The lowest BCUT2D eigenvalue weighted by Crippen LogP contribution is -2.26. The third kappa shape index (κ3) is 3.99. The van der Waals surface area contributed by atoms with E-state index in [4.69, 9.17) is 23.2 Å². The minimum atomic E-state index is -3.57. The standard InChI is InChI=1S/C14H12BrCl2NO2S/c1-18(9-10-5-6-12(16)8-14(10)17)21(19,20)13-4-2-3-11(15)7-13/h2-8H,9H2,1H3. The van der Waals surface area contributed by atoms with Gasteiger partial charge in [-0.1, -0.05) is 51.3 Å². The molecule has 2 rings (SSSR count). The zero-order chi connectivity index (χ0) is 15.6. The van der Waals surface area contributed by atoms with Crippen LogP contribution in [0.5, 0.6) is 0 Å². The predicted molar refractivity (Wildman–Crippen MR) is 89.3 cm³/mol. The fourth-order valence-electron chi connectivity index (χ4n) is 1.78. The van der Waals surface area contributed by atoms with Crippen LogP contribution in [0.3, 0.4) is 0 Å². The molecule has 112 valence electrons. The van der Waals surface area contributed by atoms with Crippen molar-refractivity contribution >= 4 is 49.2 Å². The van der Waals surface area contributed by atoms with Crippen molar-refractivity contribution in [2.24, 2.45) is 0 Å². The van der Waals surface area contributed by atoms with Crippen molar-refractivity contribution in [1.82, 2.24) is 4.31 Å². The molecule has 7 heteroatoms. The number of hydrogen-bond donors (Lipinski definition) is 0. The fraction of sp³-hybridized carbons (Fsp3) is 0.143. The summed E-state index contributed by atoms with van der Waals surface area (Å²) in [6.45, 7) is 0.171. The molecule has 0 unspecified atom stereocenters. The van der Waals surface area contributed by atoms with Crippen molar-refractivity contribution in [3.05, 3.63) is 62.5 Å². The van der Waals surface area contributed by atoms with Crippen LogP contribution in [0.2, 0.25) is 10.0 Å². The Hall–Kier alpha value is -0.590. The highest BCUT2D eigenvalue weighted by atomic mass is 79.9. The molecule has 2 aromatic carbocycles. The van der Waals surface area contributed by atoms with Gasteiger partial charge in [0, 0.05) is 28.1 Å². The zero-order valence-electron chi connectivity index (χ0n) is 11.1. The Kier molecular flexibility index (Phi) is 5.33. The number of sulfonamides is 1. The molecule has 3 nitrogen and oxygen atoms in total. The highest BCUT2D eigenvalue weighted by Crippen LogP contribution is 2.25. The van der Waals surface area contributed by atoms with E-state index in [1.165, 1.54) is 11.4 Å². The minimum Gasteiger partial charge on any atom is -0.207 e. The van der Waals surface area contributed by atoms with Gasteiger partial charge in [-0.15, -0.1) is 0 Å². The summed E-state index contributed by atoms with van der Waals surface area (Å²) in [5, 5.41) is 0.958. The Morgan fingerprint density at radius 1 is 1.14 bits per heavy atom. The molecule has 0 aliphatic heterocycles. The second kappa shape index (κ2) is 6.67. The normalized spacial score (nSPS) is 11.9. The maximum absolute atomic E-state index is 12.5. The van der Waals surface area contributed by atoms with E-state index < -0.39 is 10.0 Å². The summed E-state index contributed by atoms with van der Waals surface area (Å²) in [7, 11) is -2.06. The minimum absolute atomic E-state index is 0.171. The summed E-state index contributed by atoms with van der Waals surface area (Å²) in [6.07, 6.45) is 0. The molecule has 0 heterocycles. The van der Waals surface area contributed by atoms with Crippen molar-refractivity contribution in [3.8, 4) is 0 Å². The molecule has 2 aromatic rings. The summed E-state index contributed by atoms with van der Waals surface area (Å²) in [4.78, 5) is 0.226. The molecule has 21 heavy (non-hydrogen) atoms. The van der Waals surface area contributed by atoms with Gasteiger partial charge in [-0.05, 0) is 35.9 Å². The largest absolute Gasteiger partial charge is 0.243 e. The van der Waals surface area contributed by atoms with Crippen molar-refractivity contribution in [2.45, 2.75) is 11.4 Å². The smallest absolute Gasteiger partial charge is 0.207 e. The second-order valence-corrected chi connectivity index (χ2v) is 8.26. The molecule has 0 N–H and O–H groups in total. The van der Waals surface area contributed by atoms with Crippen LogP contribution in [0.1, 0.15) is 5.56 Å². The Morgan fingerprint density at radius 3 is 2.48 bits per heavy atom. The summed E-state index contributed by atoms with van der Waals surface area (Å²) in [5.41, 5.74) is 0.696. The van der Waals surface area contributed by atoms with Gasteiger partial charge >= 0.3 is 0 Å². The Labute approximate surface area is 142 Å². The number of rotatable bonds is 4. The number of benzene rings is 2. The van der Waals surface area contributed by atoms with E-state index in [0.29, 0.717) is 20.1 Å². The first kappa shape index (κ1) is 16.8. The molecule has 0 atom stereocenters. The van der Waals surface area contributed by atoms with Gasteiger partial charge in [0.05, 0.1) is 4.90 Å². The van der Waals surface area contributed by atoms with Crippen LogP contribution in [0.15, 0.2) is 51.8 Å². The van der Waals surface area contributed by atoms with E-state index in [0.717, 1.165) is 0 Å². The lowest BCUT2D eigenvalue weighted by Gasteiger charge is -2.18. The first-order chi connectivity index (χ1) is 9.80. The maximum Gasteiger partial charge on any atom is 0.243 e. The van der Waals surface area contributed by atoms with Gasteiger partial charge in [0.2, 0.25) is 10.0 Å². The Balaban J connectivity index is 2.28. The van der Waals surface area contributed by atoms with Gasteiger partial charge in [-0.25, -0.2) is 8.42 Å². The quantitative estimate of drug-likeness (QED) is 0.742. The van der Waals surface area contributed by atoms with E-state index in [2.05, 4.69) is 15.9 Å². The topological polar surface area (TPSA) is 37.4 Å². The van der Waals surface area contributed by atoms with Crippen LogP contribution in [0.25, 0.3) is 0 Å². The first-order valence-corrected chi connectivity index (χ1v) is 8.95. The van der Waals surface area contributed by atoms with Gasteiger partial charge < -0.3 is 0 Å². The number of halogens is 3. The summed E-state index contributed by atoms with van der Waals surface area (Å²) in [6, 6.07) is 11.6. The zero-order valence-corrected chi connectivity index (χ0v) is 15.0. The summed E-state index contributed by atoms with van der Waals surface area (Å²) >= 11 is 15.2. The van der Waals surface area contributed by atoms with E-state index in [1.54, 1.807) is 42.5 Å². The van der Waals surface area contributed by atoms with Crippen LogP contribution < -0.4 is 0 Å². The maximum atomic E-state index is 12.5. The van der Waals surface area contributed by atoms with Crippen molar-refractivity contribution in [3.63, 3.8) is 0 Å². The average molecular weight is 409 g/mol. The van der Waals surface area contributed by atoms with Gasteiger partial charge in [-0.3, -0.25) is 0 Å². The molecule has 0 aliphatic carbocycles. The van der Waals surface area contributed by atoms with Gasteiger partial charge in [-0.2, -0.15) is 4.31 Å². The molecule has 0 aliphatic rings. The van der Waals surface area contributed by atoms with Gasteiger partial charge in [0.15, 0.2) is 0 Å². The molecule has 0 aromatic heterocycles. The SMILES string of the molecule is CN(Cc1ccc(Cl)cc1Cl)S(=O)(=O)c1cccc(Br)c1. The molecule has 0 saturated carbocycles. The number of nitrogens with zero attached hydrogens (tertiary/aromatic N) is 1. The van der Waals surface area contributed by atoms with Crippen LogP contribution in [0, 0.1) is 0 Å². The van der Waals surface area contributed by atoms with Crippen molar-refractivity contribution in [2.75, 3.05) is 7.05 Å². The molecular formula is C14H12BrCl2NO2S. The highest BCUT2D eigenvalue weighted by molar-refractivity contribution is 9.10. The van der Waals surface area contributed by atoms with Crippen LogP contribution in [-0.4, -0.2) is 19.8 Å². The molecule has 0 spiro atoms. The summed E-state index contributed by atoms with van der Waals surface area (Å²) < 4.78 is 27.0. The van der Waals surface area contributed by atoms with E-state index in [9.17, 15) is 8.42 Å². The predicted octanol–water partition coefficient (Wildman–Crippen LogP) is 4.58. The lowest BCUT2D eigenvalue weighted by atomic mass is 10.2. The summed E-state index contributed by atoms with van der Waals surface area (Å²) in [5.74, 6) is 0. The van der Waals surface area contributed by atoms with Crippen molar-refractivity contribution in [1.29, 1.82) is 0 Å². The lowest BCUT2D eigenvalue weighted by molar-refractivity contribution is 0.467. The third-order valence-electron chi connectivity index (χ3n) is 2.91. The van der Waals surface area contributed by atoms with Gasteiger partial charge in [0.25, 0.3) is 0 Å². The molecule has 0 amide bonds. The van der Waals surface area contributed by atoms with Crippen LogP contribution in [0.4, 0.5) is 0 Å². The molecular weight excluding hydrogens is 397 g/mol. The average Bonchev–Trinajstić information content (AvgIpc) is 2.41. The van der Waals surface area contributed by atoms with E-state index in [1.807, 2.05) is 0 Å². The highest BCUT2D eigenvalue weighted by Gasteiger charge is 2.21. The van der Waals surface area contributed by atoms with Crippen LogP contribution >= 0.6 is 39.1 Å². The number of hydrogen-bond acceptors (Lipinski definition) is 2. The second-order valence-electron chi connectivity index (χ2n) is 4.45. The fourth-order valence-corrected chi connectivity index (χ4v) is 4.00. The van der Waals surface area contributed by atoms with Crippen LogP contribution in [-0.2, 0) is 16.6 Å². The molecule has 0 radical (unpaired) electrons. The van der Waals surface area contributed by atoms with Crippen molar-refractivity contribution < 1.29 is 8.42 Å². The molecule has 0 fully saturated rings. The third-order valence-corrected chi connectivity index (χ3v) is 5.79. The Morgan fingerprint density at radius 2 is 1.86 bits per heavy atom. The van der Waals surface area contributed by atoms with E-state index >= 15 is 0 Å². The van der Waals surface area contributed by atoms with E-state index in [-0.39, 0.29) is 11.4 Å². The molecule has 0 bridgehead atoms. The molecule has 0 saturated heterocycles.